The van der Waals surface area contributed by atoms with Gasteiger partial charge >= 0.3 is 5.97 Å². The highest BCUT2D eigenvalue weighted by atomic mass is 35.5. The number of ether oxygens (including phenoxy) is 1. The number of hydrogen-bond acceptors (Lipinski definition) is 4. The van der Waals surface area contributed by atoms with E-state index >= 15 is 0 Å². The number of halogens is 1. The van der Waals surface area contributed by atoms with Crippen molar-refractivity contribution in [2.75, 3.05) is 12.9 Å². The molecule has 1 aromatic carbocycles. The maximum atomic E-state index is 11.3. The van der Waals surface area contributed by atoms with Gasteiger partial charge in [0, 0.05) is 16.2 Å². The molecule has 1 saturated carbocycles. The van der Waals surface area contributed by atoms with E-state index in [0.717, 1.165) is 29.8 Å². The fourth-order valence-electron chi connectivity index (χ4n) is 1.86. The molecular formula is C14H15ClO3S. The molecule has 0 amide bonds. The zero-order valence-electron chi connectivity index (χ0n) is 10.6. The number of rotatable bonds is 6. The minimum Gasteiger partial charge on any atom is -0.469 e. The summed E-state index contributed by atoms with van der Waals surface area (Å²) in [5, 5.41) is 0.470. The summed E-state index contributed by atoms with van der Waals surface area (Å²) in [5.41, 5.74) is 0.592. The molecule has 3 nitrogen and oxygen atoms in total. The van der Waals surface area contributed by atoms with Crippen LogP contribution in [0.3, 0.4) is 0 Å². The predicted octanol–water partition coefficient (Wildman–Crippen LogP) is 3.59. The van der Waals surface area contributed by atoms with Crippen molar-refractivity contribution in [1.82, 2.24) is 0 Å². The third kappa shape index (κ3) is 3.74. The van der Waals surface area contributed by atoms with Gasteiger partial charge < -0.3 is 4.74 Å². The Labute approximate surface area is 121 Å². The first-order valence-corrected chi connectivity index (χ1v) is 7.39. The Morgan fingerprint density at radius 2 is 2.26 bits per heavy atom. The van der Waals surface area contributed by atoms with E-state index in [1.165, 1.54) is 7.11 Å². The molecule has 19 heavy (non-hydrogen) atoms. The van der Waals surface area contributed by atoms with Crippen LogP contribution in [-0.4, -0.2) is 25.1 Å². The zero-order chi connectivity index (χ0) is 13.9. The van der Waals surface area contributed by atoms with Crippen LogP contribution >= 0.6 is 23.4 Å². The number of esters is 1. The van der Waals surface area contributed by atoms with Crippen molar-refractivity contribution in [2.24, 2.45) is 5.41 Å². The minimum absolute atomic E-state index is 0.0908. The van der Waals surface area contributed by atoms with Gasteiger partial charge in [-0.2, -0.15) is 0 Å². The first-order chi connectivity index (χ1) is 9.08. The second-order valence-corrected chi connectivity index (χ2v) is 6.30. The van der Waals surface area contributed by atoms with E-state index in [1.54, 1.807) is 23.9 Å². The normalized spacial score (nSPS) is 15.9. The van der Waals surface area contributed by atoms with Gasteiger partial charge in [-0.3, -0.25) is 9.59 Å². The molecule has 0 N–H and O–H groups in total. The molecule has 0 unspecified atom stereocenters. The van der Waals surface area contributed by atoms with Crippen molar-refractivity contribution in [2.45, 2.75) is 24.2 Å². The zero-order valence-corrected chi connectivity index (χ0v) is 12.2. The first-order valence-electron chi connectivity index (χ1n) is 6.03. The number of carbonyl (C=O) groups is 2. The molecule has 0 saturated heterocycles. The Hall–Kier alpha value is -1.00. The van der Waals surface area contributed by atoms with E-state index in [-0.39, 0.29) is 11.4 Å². The Morgan fingerprint density at radius 1 is 1.53 bits per heavy atom. The van der Waals surface area contributed by atoms with E-state index < -0.39 is 0 Å². The monoisotopic (exact) mass is 298 g/mol. The largest absolute Gasteiger partial charge is 0.469 e. The summed E-state index contributed by atoms with van der Waals surface area (Å²) in [6.45, 7) is 0. The molecular weight excluding hydrogens is 284 g/mol. The lowest BCUT2D eigenvalue weighted by molar-refractivity contribution is -0.141. The summed E-state index contributed by atoms with van der Waals surface area (Å²) in [6, 6.07) is 5.40. The summed E-state index contributed by atoms with van der Waals surface area (Å²) in [7, 11) is 1.42. The van der Waals surface area contributed by atoms with Crippen LogP contribution < -0.4 is 0 Å². The topological polar surface area (TPSA) is 43.4 Å². The lowest BCUT2D eigenvalue weighted by Crippen LogP contribution is -2.12. The van der Waals surface area contributed by atoms with Crippen molar-refractivity contribution in [3.05, 3.63) is 28.8 Å². The van der Waals surface area contributed by atoms with Crippen molar-refractivity contribution in [1.29, 1.82) is 0 Å². The van der Waals surface area contributed by atoms with Crippen LogP contribution in [0.5, 0.6) is 0 Å². The summed E-state index contributed by atoms with van der Waals surface area (Å²) in [6.07, 6.45) is 3.36. The summed E-state index contributed by atoms with van der Waals surface area (Å²) in [4.78, 5) is 23.0. The van der Waals surface area contributed by atoms with Crippen LogP contribution in [0.15, 0.2) is 23.1 Å². The van der Waals surface area contributed by atoms with Crippen molar-refractivity contribution in [3.8, 4) is 0 Å². The van der Waals surface area contributed by atoms with Crippen molar-refractivity contribution < 1.29 is 14.3 Å². The number of benzene rings is 1. The number of carbonyl (C=O) groups excluding carboxylic acids is 2. The van der Waals surface area contributed by atoms with E-state index in [0.29, 0.717) is 17.0 Å². The van der Waals surface area contributed by atoms with Crippen molar-refractivity contribution in [3.63, 3.8) is 0 Å². The fourth-order valence-corrected chi connectivity index (χ4v) is 3.38. The van der Waals surface area contributed by atoms with Crippen LogP contribution in [0.25, 0.3) is 0 Å². The molecule has 0 bridgehead atoms. The molecule has 5 heteroatoms. The van der Waals surface area contributed by atoms with Gasteiger partial charge in [0.05, 0.1) is 18.6 Å². The van der Waals surface area contributed by atoms with E-state index in [9.17, 15) is 9.59 Å². The highest BCUT2D eigenvalue weighted by Crippen LogP contribution is 2.52. The molecule has 0 heterocycles. The third-order valence-electron chi connectivity index (χ3n) is 3.35. The molecule has 0 atom stereocenters. The SMILES string of the molecule is COC(=O)CC1(CSc2ccc(C=O)c(Cl)c2)CC1. The standard InChI is InChI=1S/C14H15ClO3S/c1-18-13(17)7-14(4-5-14)9-19-11-3-2-10(8-16)12(15)6-11/h2-3,6,8H,4-5,7,9H2,1H3. The van der Waals surface area contributed by atoms with E-state index in [1.807, 2.05) is 6.07 Å². The maximum absolute atomic E-state index is 11.3. The van der Waals surface area contributed by atoms with Gasteiger partial charge in [-0.15, -0.1) is 11.8 Å². The predicted molar refractivity (Wildman–Crippen MR) is 75.9 cm³/mol. The molecule has 1 aromatic rings. The highest BCUT2D eigenvalue weighted by Gasteiger charge is 2.44. The second-order valence-electron chi connectivity index (χ2n) is 4.84. The lowest BCUT2D eigenvalue weighted by Gasteiger charge is -2.13. The molecule has 1 aliphatic rings. The molecule has 1 aliphatic carbocycles. The number of aldehydes is 1. The molecule has 1 fully saturated rings. The van der Waals surface area contributed by atoms with Crippen LogP contribution in [0, 0.1) is 5.41 Å². The molecule has 0 aliphatic heterocycles. The smallest absolute Gasteiger partial charge is 0.306 e. The van der Waals surface area contributed by atoms with Crippen LogP contribution in [0.4, 0.5) is 0 Å². The third-order valence-corrected chi connectivity index (χ3v) is 5.02. The minimum atomic E-state index is -0.146. The van der Waals surface area contributed by atoms with Crippen LogP contribution in [0.2, 0.25) is 5.02 Å². The highest BCUT2D eigenvalue weighted by molar-refractivity contribution is 7.99. The van der Waals surface area contributed by atoms with Crippen LogP contribution in [0.1, 0.15) is 29.6 Å². The molecule has 0 aromatic heterocycles. The van der Waals surface area contributed by atoms with Gasteiger partial charge in [-0.25, -0.2) is 0 Å². The van der Waals surface area contributed by atoms with Gasteiger partial charge in [-0.1, -0.05) is 11.6 Å². The molecule has 102 valence electrons. The summed E-state index contributed by atoms with van der Waals surface area (Å²) in [5.74, 6) is 0.728. The van der Waals surface area contributed by atoms with Gasteiger partial charge in [0.15, 0.2) is 6.29 Å². The van der Waals surface area contributed by atoms with Crippen molar-refractivity contribution >= 4 is 35.6 Å². The van der Waals surface area contributed by atoms with Gasteiger partial charge in [-0.05, 0) is 36.5 Å². The Morgan fingerprint density at radius 3 is 2.79 bits per heavy atom. The number of hydrogen-bond donors (Lipinski definition) is 0. The number of methoxy groups -OCH3 is 1. The van der Waals surface area contributed by atoms with E-state index in [4.69, 9.17) is 16.3 Å². The quantitative estimate of drug-likeness (QED) is 0.457. The maximum Gasteiger partial charge on any atom is 0.306 e. The average molecular weight is 299 g/mol. The van der Waals surface area contributed by atoms with Gasteiger partial charge in [0.2, 0.25) is 0 Å². The van der Waals surface area contributed by atoms with E-state index in [2.05, 4.69) is 0 Å². The average Bonchev–Trinajstić information content (AvgIpc) is 3.16. The molecule has 2 rings (SSSR count). The Balaban J connectivity index is 1.94. The Bertz CT molecular complexity index is 497. The lowest BCUT2D eigenvalue weighted by atomic mass is 10.1. The summed E-state index contributed by atoms with van der Waals surface area (Å²) >= 11 is 7.65. The molecule has 0 radical (unpaired) electrons. The van der Waals surface area contributed by atoms with Gasteiger partial charge in [0.25, 0.3) is 0 Å². The number of thioether (sulfide) groups is 1. The fraction of sp³-hybridized carbons (Fsp3) is 0.429. The van der Waals surface area contributed by atoms with Gasteiger partial charge in [0.1, 0.15) is 0 Å². The summed E-state index contributed by atoms with van der Waals surface area (Å²) < 4.78 is 4.72. The van der Waals surface area contributed by atoms with Crippen LogP contribution in [-0.2, 0) is 9.53 Å². The second kappa shape index (κ2) is 5.97. The first kappa shape index (κ1) is 14.4. The molecule has 0 spiro atoms. The Kier molecular flexibility index (Phi) is 4.53.